The van der Waals surface area contributed by atoms with Gasteiger partial charge in [0, 0.05) is 13.0 Å². The van der Waals surface area contributed by atoms with Crippen molar-refractivity contribution in [1.82, 2.24) is 5.32 Å². The van der Waals surface area contributed by atoms with Crippen LogP contribution in [-0.2, 0) is 18.4 Å². The number of hydrogen-bond donors (Lipinski definition) is 4. The van der Waals surface area contributed by atoms with E-state index < -0.39 is 20.0 Å². The van der Waals surface area contributed by atoms with Crippen LogP contribution in [0.3, 0.4) is 0 Å². The third kappa shape index (κ3) is 38.0. The lowest BCUT2D eigenvalue weighted by Gasteiger charge is -2.23. The highest BCUT2D eigenvalue weighted by Gasteiger charge is 2.26. The van der Waals surface area contributed by atoms with Gasteiger partial charge in [-0.3, -0.25) is 13.8 Å². The second-order valence-electron chi connectivity index (χ2n) is 13.8. The zero-order valence-electron chi connectivity index (χ0n) is 34.2. The van der Waals surface area contributed by atoms with Gasteiger partial charge in [0.15, 0.2) is 0 Å². The lowest BCUT2D eigenvalue weighted by molar-refractivity contribution is -0.122. The number of carbonyl (C=O) groups is 1. The molecule has 3 atom stereocenters. The molecule has 0 spiro atoms. The zero-order chi connectivity index (χ0) is 39.6. The first-order chi connectivity index (χ1) is 26.4. The van der Waals surface area contributed by atoms with Crippen LogP contribution in [0.25, 0.3) is 0 Å². The largest absolute Gasteiger partial charge is 0.472 e. The van der Waals surface area contributed by atoms with Gasteiger partial charge in [-0.05, 0) is 70.6 Å². The molecule has 0 saturated heterocycles. The summed E-state index contributed by atoms with van der Waals surface area (Å²) in [6.07, 6.45) is 53.6. The minimum absolute atomic E-state index is 0.0606. The molecule has 0 rings (SSSR count). The van der Waals surface area contributed by atoms with E-state index in [-0.39, 0.29) is 32.1 Å². The molecule has 0 bridgehead atoms. The fourth-order valence-corrected chi connectivity index (χ4v) is 6.29. The molecule has 0 saturated carbocycles. The van der Waals surface area contributed by atoms with E-state index in [0.29, 0.717) is 6.42 Å². The number of nitrogens with two attached hydrogens (primary N) is 1. The predicted octanol–water partition coefficient (Wildman–Crippen LogP) is 11.8. The van der Waals surface area contributed by atoms with E-state index in [1.807, 2.05) is 6.08 Å². The van der Waals surface area contributed by atoms with Crippen LogP contribution in [0.5, 0.6) is 0 Å². The number of allylic oxidation sites excluding steroid dienone is 13. The van der Waals surface area contributed by atoms with Crippen LogP contribution >= 0.6 is 7.82 Å². The van der Waals surface area contributed by atoms with E-state index in [2.05, 4.69) is 92.1 Å². The average molecular weight is 775 g/mol. The predicted molar refractivity (Wildman–Crippen MR) is 230 cm³/mol. The molecule has 0 aromatic heterocycles. The number of rotatable bonds is 38. The van der Waals surface area contributed by atoms with Crippen molar-refractivity contribution < 1.29 is 28.4 Å². The third-order valence-corrected chi connectivity index (χ3v) is 9.69. The van der Waals surface area contributed by atoms with Crippen LogP contribution in [0.2, 0.25) is 0 Å². The van der Waals surface area contributed by atoms with Crippen molar-refractivity contribution in [1.29, 1.82) is 0 Å². The number of phosphoric ester groups is 1. The van der Waals surface area contributed by atoms with Crippen LogP contribution in [0.4, 0.5) is 0 Å². The van der Waals surface area contributed by atoms with Gasteiger partial charge in [0.05, 0.1) is 25.4 Å². The number of phosphoric acid groups is 1. The molecule has 0 fully saturated rings. The highest BCUT2D eigenvalue weighted by atomic mass is 31.2. The second-order valence-corrected chi connectivity index (χ2v) is 15.3. The molecular formula is C45H79N2O6P. The Morgan fingerprint density at radius 1 is 0.630 bits per heavy atom. The van der Waals surface area contributed by atoms with Crippen molar-refractivity contribution in [2.45, 2.75) is 174 Å². The molecule has 0 aliphatic rings. The van der Waals surface area contributed by atoms with Gasteiger partial charge in [0.25, 0.3) is 0 Å². The first-order valence-electron chi connectivity index (χ1n) is 21.2. The summed E-state index contributed by atoms with van der Waals surface area (Å²) in [7, 11) is -4.37. The molecular weight excluding hydrogens is 695 g/mol. The number of carbonyl (C=O) groups excluding carboxylic acids is 1. The van der Waals surface area contributed by atoms with Crippen molar-refractivity contribution in [3.63, 3.8) is 0 Å². The third-order valence-electron chi connectivity index (χ3n) is 8.70. The minimum atomic E-state index is -4.37. The molecule has 0 radical (unpaired) electrons. The summed E-state index contributed by atoms with van der Waals surface area (Å²) in [4.78, 5) is 22.6. The van der Waals surface area contributed by atoms with Gasteiger partial charge in [-0.1, -0.05) is 170 Å². The molecule has 9 heteroatoms. The van der Waals surface area contributed by atoms with E-state index in [4.69, 9.17) is 14.8 Å². The van der Waals surface area contributed by atoms with E-state index >= 15 is 0 Å². The summed E-state index contributed by atoms with van der Waals surface area (Å²) in [5.74, 6) is -0.264. The Hall–Kier alpha value is -2.32. The molecule has 1 amide bonds. The average Bonchev–Trinajstić information content (AvgIpc) is 3.16. The molecule has 0 aromatic carbocycles. The Labute approximate surface area is 330 Å². The van der Waals surface area contributed by atoms with Crippen molar-refractivity contribution in [2.75, 3.05) is 19.8 Å². The van der Waals surface area contributed by atoms with E-state index in [1.165, 1.54) is 77.0 Å². The van der Waals surface area contributed by atoms with Gasteiger partial charge in [-0.2, -0.15) is 0 Å². The first-order valence-corrected chi connectivity index (χ1v) is 22.7. The Balaban J connectivity index is 4.41. The number of aliphatic hydroxyl groups excluding tert-OH is 1. The van der Waals surface area contributed by atoms with Crippen LogP contribution < -0.4 is 11.1 Å². The maximum absolute atomic E-state index is 12.7. The Morgan fingerprint density at radius 3 is 1.65 bits per heavy atom. The molecule has 5 N–H and O–H groups in total. The van der Waals surface area contributed by atoms with E-state index in [0.717, 1.165) is 57.8 Å². The summed E-state index contributed by atoms with van der Waals surface area (Å²) in [5, 5.41) is 13.6. The molecule has 8 nitrogen and oxygen atoms in total. The molecule has 310 valence electrons. The van der Waals surface area contributed by atoms with Crippen LogP contribution in [-0.4, -0.2) is 47.8 Å². The van der Waals surface area contributed by atoms with Crippen molar-refractivity contribution in [3.8, 4) is 0 Å². The van der Waals surface area contributed by atoms with E-state index in [1.54, 1.807) is 6.08 Å². The fourth-order valence-electron chi connectivity index (χ4n) is 5.53. The van der Waals surface area contributed by atoms with Crippen molar-refractivity contribution in [2.24, 2.45) is 5.73 Å². The van der Waals surface area contributed by atoms with Gasteiger partial charge in [-0.15, -0.1) is 0 Å². The quantitative estimate of drug-likeness (QED) is 0.0279. The van der Waals surface area contributed by atoms with Gasteiger partial charge in [0.2, 0.25) is 5.91 Å². The fraction of sp³-hybridized carbons (Fsp3) is 0.667. The molecule has 3 unspecified atom stereocenters. The topological polar surface area (TPSA) is 131 Å². The number of unbranched alkanes of at least 4 members (excludes halogenated alkanes) is 14. The SMILES string of the molecule is CC/C=C\C/C=C\C/C=C\C/C=C\C/C=C\CCCC(=O)NC(COP(=O)(O)OCCN)C(O)/C=C/CC/C=C/CCCCCCCCCCCCCC. The van der Waals surface area contributed by atoms with Crippen LogP contribution in [0.15, 0.2) is 85.1 Å². The second kappa shape index (κ2) is 40.3. The lowest BCUT2D eigenvalue weighted by Crippen LogP contribution is -2.45. The number of aliphatic hydroxyl groups is 1. The van der Waals surface area contributed by atoms with Crippen molar-refractivity contribution >= 4 is 13.7 Å². The van der Waals surface area contributed by atoms with Crippen LogP contribution in [0, 0.1) is 0 Å². The van der Waals surface area contributed by atoms with Crippen LogP contribution in [0.1, 0.15) is 162 Å². The van der Waals surface area contributed by atoms with Gasteiger partial charge in [0.1, 0.15) is 0 Å². The van der Waals surface area contributed by atoms with Gasteiger partial charge >= 0.3 is 7.82 Å². The summed E-state index contributed by atoms with van der Waals surface area (Å²) in [6.45, 7) is 3.94. The Morgan fingerprint density at radius 2 is 1.09 bits per heavy atom. The highest BCUT2D eigenvalue weighted by Crippen LogP contribution is 2.43. The molecule has 0 aromatic rings. The summed E-state index contributed by atoms with van der Waals surface area (Å²) in [5.41, 5.74) is 5.36. The van der Waals surface area contributed by atoms with Gasteiger partial charge < -0.3 is 21.1 Å². The van der Waals surface area contributed by atoms with E-state index in [9.17, 15) is 19.4 Å². The molecule has 0 aliphatic heterocycles. The smallest absolute Gasteiger partial charge is 0.387 e. The summed E-state index contributed by atoms with van der Waals surface area (Å²) in [6, 6.07) is -0.911. The minimum Gasteiger partial charge on any atom is -0.387 e. The number of amides is 1. The maximum Gasteiger partial charge on any atom is 0.472 e. The normalized spacial score (nSPS) is 15.0. The lowest BCUT2D eigenvalue weighted by atomic mass is 10.0. The Bertz CT molecular complexity index is 1110. The monoisotopic (exact) mass is 775 g/mol. The first kappa shape index (κ1) is 51.7. The maximum atomic E-state index is 12.7. The molecule has 0 heterocycles. The van der Waals surface area contributed by atoms with Gasteiger partial charge in [-0.25, -0.2) is 4.57 Å². The molecule has 0 aliphatic carbocycles. The number of nitrogens with one attached hydrogen (secondary N) is 1. The highest BCUT2D eigenvalue weighted by molar-refractivity contribution is 7.47. The molecule has 54 heavy (non-hydrogen) atoms. The standard InChI is InChI=1S/C45H79N2O6P/c1-3-5-7-9-11-13-15-17-19-21-23-24-26-28-30-32-34-36-38-44(48)43(42-53-54(50,51)52-41-40-46)47-45(49)39-37-35-33-31-29-27-25-22-20-18-16-14-12-10-8-6-4-2/h6,8,12,14,18,20,25,27-28,30-31,33,36,38,43-44,48H,3-5,7,9-11,13,15-17,19,21-24,26,29,32,34-35,37,39-42,46H2,1-2H3,(H,47,49)(H,50,51)/b8-6-,14-12-,20-18-,27-25-,30-28+,33-31-,38-36+. The summed E-state index contributed by atoms with van der Waals surface area (Å²) < 4.78 is 22.1. The number of hydrogen-bond acceptors (Lipinski definition) is 6. The Kier molecular flexibility index (Phi) is 38.6. The zero-order valence-corrected chi connectivity index (χ0v) is 35.1. The summed E-state index contributed by atoms with van der Waals surface area (Å²) >= 11 is 0. The van der Waals surface area contributed by atoms with Crippen molar-refractivity contribution in [3.05, 3.63) is 85.1 Å².